The van der Waals surface area contributed by atoms with Gasteiger partial charge in [-0.25, -0.2) is 4.39 Å². The van der Waals surface area contributed by atoms with Crippen LogP contribution in [0.1, 0.15) is 17.2 Å². The normalized spacial score (nSPS) is 11.8. The van der Waals surface area contributed by atoms with Crippen molar-refractivity contribution in [2.24, 2.45) is 5.73 Å². The Kier molecular flexibility index (Phi) is 2.85. The van der Waals surface area contributed by atoms with Gasteiger partial charge in [0.1, 0.15) is 23.2 Å². The van der Waals surface area contributed by atoms with Gasteiger partial charge in [-0.2, -0.15) is 5.26 Å². The van der Waals surface area contributed by atoms with Crippen molar-refractivity contribution in [3.63, 3.8) is 0 Å². The van der Waals surface area contributed by atoms with Crippen LogP contribution in [0.4, 0.5) is 4.39 Å². The Morgan fingerprint density at radius 2 is 2.29 bits per heavy atom. The van der Waals surface area contributed by atoms with Crippen molar-refractivity contribution in [3.05, 3.63) is 41.7 Å². The average molecular weight is 192 g/mol. The number of hydrogen-bond acceptors (Lipinski definition) is 3. The predicted molar refractivity (Wildman–Crippen MR) is 49.9 cm³/mol. The molecule has 3 nitrogen and oxygen atoms in total. The van der Waals surface area contributed by atoms with Crippen LogP contribution in [0, 0.1) is 17.1 Å². The minimum absolute atomic E-state index is 0.290. The Labute approximate surface area is 80.9 Å². The minimum atomic E-state index is -0.759. The van der Waals surface area contributed by atoms with Crippen molar-refractivity contribution in [2.75, 3.05) is 0 Å². The van der Waals surface area contributed by atoms with Crippen LogP contribution in [0.5, 0.6) is 5.75 Å². The predicted octanol–water partition coefficient (Wildman–Crippen LogP) is 1.59. The highest BCUT2D eigenvalue weighted by atomic mass is 19.1. The highest BCUT2D eigenvalue weighted by Crippen LogP contribution is 2.28. The van der Waals surface area contributed by atoms with E-state index in [0.717, 1.165) is 6.07 Å². The quantitative estimate of drug-likeness (QED) is 0.699. The first kappa shape index (κ1) is 10.2. The van der Waals surface area contributed by atoms with Gasteiger partial charge in [0.05, 0.1) is 6.04 Å². The third kappa shape index (κ3) is 1.58. The van der Waals surface area contributed by atoms with Crippen molar-refractivity contribution in [2.45, 2.75) is 6.04 Å². The van der Waals surface area contributed by atoms with E-state index >= 15 is 0 Å². The number of phenols is 1. The summed E-state index contributed by atoms with van der Waals surface area (Å²) < 4.78 is 12.9. The maximum atomic E-state index is 12.9. The fourth-order valence-electron chi connectivity index (χ4n) is 1.08. The van der Waals surface area contributed by atoms with Gasteiger partial charge in [0.15, 0.2) is 0 Å². The molecule has 14 heavy (non-hydrogen) atoms. The summed E-state index contributed by atoms with van der Waals surface area (Å²) in [6.07, 6.45) is 1.40. The van der Waals surface area contributed by atoms with E-state index in [4.69, 9.17) is 11.0 Å². The summed E-state index contributed by atoms with van der Waals surface area (Å²) in [5.74, 6) is -1.18. The molecule has 3 N–H and O–H groups in total. The van der Waals surface area contributed by atoms with Gasteiger partial charge in [0.2, 0.25) is 0 Å². The number of halogens is 1. The number of hydrogen-bond donors (Lipinski definition) is 2. The van der Waals surface area contributed by atoms with Crippen molar-refractivity contribution in [1.29, 1.82) is 5.26 Å². The molecule has 0 bridgehead atoms. The van der Waals surface area contributed by atoms with E-state index in [9.17, 15) is 9.50 Å². The van der Waals surface area contributed by atoms with E-state index in [1.807, 2.05) is 0 Å². The Bertz CT molecular complexity index is 409. The summed E-state index contributed by atoms with van der Waals surface area (Å²) in [4.78, 5) is 0. The van der Waals surface area contributed by atoms with E-state index in [1.54, 1.807) is 6.07 Å². The third-order valence-electron chi connectivity index (χ3n) is 1.88. The summed E-state index contributed by atoms with van der Waals surface area (Å²) in [6.45, 7) is 3.44. The van der Waals surface area contributed by atoms with Crippen molar-refractivity contribution >= 4 is 0 Å². The largest absolute Gasteiger partial charge is 0.506 e. The van der Waals surface area contributed by atoms with Crippen LogP contribution < -0.4 is 5.73 Å². The molecule has 0 amide bonds. The van der Waals surface area contributed by atoms with Gasteiger partial charge in [-0.3, -0.25) is 0 Å². The number of aromatic hydroxyl groups is 1. The van der Waals surface area contributed by atoms with E-state index in [2.05, 4.69) is 6.58 Å². The Hall–Kier alpha value is -1.86. The lowest BCUT2D eigenvalue weighted by atomic mass is 10.0. The van der Waals surface area contributed by atoms with Gasteiger partial charge in [0.25, 0.3) is 0 Å². The second kappa shape index (κ2) is 3.90. The molecule has 0 aliphatic rings. The van der Waals surface area contributed by atoms with Crippen LogP contribution in [0.25, 0.3) is 0 Å². The van der Waals surface area contributed by atoms with Crippen molar-refractivity contribution in [1.82, 2.24) is 0 Å². The molecule has 0 heterocycles. The minimum Gasteiger partial charge on any atom is -0.506 e. The first-order valence-electron chi connectivity index (χ1n) is 3.91. The molecule has 72 valence electrons. The summed E-state index contributed by atoms with van der Waals surface area (Å²) in [7, 11) is 0. The molecule has 4 heteroatoms. The Balaban J connectivity index is 3.37. The van der Waals surface area contributed by atoms with Crippen molar-refractivity contribution < 1.29 is 9.50 Å². The fourth-order valence-corrected chi connectivity index (χ4v) is 1.08. The highest BCUT2D eigenvalue weighted by Gasteiger charge is 2.15. The molecule has 0 aliphatic heterocycles. The van der Waals surface area contributed by atoms with E-state index < -0.39 is 17.6 Å². The maximum Gasteiger partial charge on any atom is 0.144 e. The smallest absolute Gasteiger partial charge is 0.144 e. The van der Waals surface area contributed by atoms with E-state index in [0.29, 0.717) is 0 Å². The standard InChI is InChI=1S/C10H9FN2O/c1-2-9(13)6-3-4-8(11)7(5-12)10(6)14/h2-4,9,14H,1,13H2/t9-/m1/s1. The first-order valence-corrected chi connectivity index (χ1v) is 3.91. The molecule has 1 atom stereocenters. The number of nitrogens with two attached hydrogens (primary N) is 1. The fraction of sp³-hybridized carbons (Fsp3) is 0.100. The Morgan fingerprint density at radius 3 is 2.79 bits per heavy atom. The molecular weight excluding hydrogens is 183 g/mol. The number of rotatable bonds is 2. The summed E-state index contributed by atoms with van der Waals surface area (Å²) in [6, 6.07) is 3.38. The molecular formula is C10H9FN2O. The lowest BCUT2D eigenvalue weighted by Gasteiger charge is -2.10. The molecule has 0 aromatic heterocycles. The van der Waals surface area contributed by atoms with Gasteiger partial charge in [-0.1, -0.05) is 12.1 Å². The Morgan fingerprint density at radius 1 is 1.64 bits per heavy atom. The molecule has 1 rings (SSSR count). The van der Waals surface area contributed by atoms with Crippen LogP contribution in [0.3, 0.4) is 0 Å². The van der Waals surface area contributed by atoms with Gasteiger partial charge in [-0.15, -0.1) is 6.58 Å². The van der Waals surface area contributed by atoms with Crippen LogP contribution in [0.15, 0.2) is 24.8 Å². The zero-order valence-electron chi connectivity index (χ0n) is 7.37. The molecule has 0 saturated heterocycles. The first-order chi connectivity index (χ1) is 6.61. The van der Waals surface area contributed by atoms with E-state index in [-0.39, 0.29) is 11.1 Å². The number of nitrogens with zero attached hydrogens (tertiary/aromatic N) is 1. The topological polar surface area (TPSA) is 70.0 Å². The van der Waals surface area contributed by atoms with Gasteiger partial charge < -0.3 is 10.8 Å². The average Bonchev–Trinajstić information content (AvgIpc) is 2.18. The number of nitriles is 1. The third-order valence-corrected chi connectivity index (χ3v) is 1.88. The zero-order valence-corrected chi connectivity index (χ0v) is 7.37. The summed E-state index contributed by atoms with van der Waals surface area (Å²) in [5.41, 5.74) is 5.46. The molecule has 0 fully saturated rings. The lowest BCUT2D eigenvalue weighted by molar-refractivity contribution is 0.457. The second-order valence-electron chi connectivity index (χ2n) is 2.73. The molecule has 0 unspecified atom stereocenters. The molecule has 0 radical (unpaired) electrons. The summed E-state index contributed by atoms with van der Waals surface area (Å²) >= 11 is 0. The summed E-state index contributed by atoms with van der Waals surface area (Å²) in [5, 5.41) is 18.0. The van der Waals surface area contributed by atoms with Gasteiger partial charge >= 0.3 is 0 Å². The monoisotopic (exact) mass is 192 g/mol. The molecule has 0 spiro atoms. The lowest BCUT2D eigenvalue weighted by Crippen LogP contribution is -2.07. The highest BCUT2D eigenvalue weighted by molar-refractivity contribution is 5.50. The van der Waals surface area contributed by atoms with Gasteiger partial charge in [0, 0.05) is 5.56 Å². The number of phenolic OH excluding ortho intramolecular Hbond substituents is 1. The van der Waals surface area contributed by atoms with Gasteiger partial charge in [-0.05, 0) is 6.07 Å². The molecule has 1 aromatic rings. The van der Waals surface area contributed by atoms with E-state index in [1.165, 1.54) is 12.1 Å². The maximum absolute atomic E-state index is 12.9. The molecule has 1 aromatic carbocycles. The SMILES string of the molecule is C=C[C@@H](N)c1ccc(F)c(C#N)c1O. The van der Waals surface area contributed by atoms with Crippen LogP contribution in [0.2, 0.25) is 0 Å². The molecule has 0 aliphatic carbocycles. The second-order valence-corrected chi connectivity index (χ2v) is 2.73. The van der Waals surface area contributed by atoms with Crippen LogP contribution in [-0.4, -0.2) is 5.11 Å². The van der Waals surface area contributed by atoms with Crippen LogP contribution >= 0.6 is 0 Å². The molecule has 0 saturated carbocycles. The van der Waals surface area contributed by atoms with Crippen molar-refractivity contribution in [3.8, 4) is 11.8 Å². The number of benzene rings is 1. The zero-order chi connectivity index (χ0) is 10.7. The van der Waals surface area contributed by atoms with Crippen LogP contribution in [-0.2, 0) is 0 Å².